The van der Waals surface area contributed by atoms with Crippen molar-refractivity contribution in [1.82, 2.24) is 4.90 Å². The molecule has 4 heteroatoms. The Kier molecular flexibility index (Phi) is 7.23. The van der Waals surface area contributed by atoms with Gasteiger partial charge in [-0.15, -0.1) is 0 Å². The number of carbonyl (C=O) groups excluding carboxylic acids is 1. The number of nitrogens with zero attached hydrogens (tertiary/aromatic N) is 1. The molecule has 1 rings (SSSR count). The van der Waals surface area contributed by atoms with Gasteiger partial charge in [-0.1, -0.05) is 42.6 Å². The maximum Gasteiger partial charge on any atom is 0.320 e. The van der Waals surface area contributed by atoms with Crippen LogP contribution in [0.1, 0.15) is 46.0 Å². The lowest BCUT2D eigenvalue weighted by Gasteiger charge is -2.30. The average molecular weight is 320 g/mol. The number of carbonyl (C=O) groups is 1. The minimum atomic E-state index is -0.199. The summed E-state index contributed by atoms with van der Waals surface area (Å²) in [5, 5.41) is 0. The Hall–Kier alpha value is -0.0900. The van der Waals surface area contributed by atoms with Crippen molar-refractivity contribution in [1.29, 1.82) is 0 Å². The number of rotatable bonds is 7. The molecule has 0 N–H and O–H groups in total. The predicted molar refractivity (Wildman–Crippen MR) is 78.0 cm³/mol. The molecule has 1 aliphatic carbocycles. The van der Waals surface area contributed by atoms with E-state index in [0.717, 1.165) is 13.1 Å². The van der Waals surface area contributed by atoms with E-state index in [2.05, 4.69) is 34.7 Å². The van der Waals surface area contributed by atoms with E-state index in [1.165, 1.54) is 39.2 Å². The van der Waals surface area contributed by atoms with Gasteiger partial charge in [0.05, 0.1) is 7.11 Å². The zero-order chi connectivity index (χ0) is 13.5. The lowest BCUT2D eigenvalue weighted by Crippen LogP contribution is -2.41. The Balaban J connectivity index is 2.50. The van der Waals surface area contributed by atoms with Gasteiger partial charge in [0.25, 0.3) is 0 Å². The molecule has 1 fully saturated rings. The predicted octanol–water partition coefficient (Wildman–Crippen LogP) is 3.21. The third kappa shape index (κ3) is 5.27. The molecule has 0 aromatic carbocycles. The molecule has 0 aliphatic heterocycles. The first-order chi connectivity index (χ1) is 8.54. The van der Waals surface area contributed by atoms with Gasteiger partial charge in [0, 0.05) is 12.6 Å². The Morgan fingerprint density at radius 1 is 1.39 bits per heavy atom. The van der Waals surface area contributed by atoms with Crippen molar-refractivity contribution < 1.29 is 9.53 Å². The van der Waals surface area contributed by atoms with Gasteiger partial charge in [0.15, 0.2) is 0 Å². The van der Waals surface area contributed by atoms with Crippen molar-refractivity contribution in [2.45, 2.75) is 56.8 Å². The second kappa shape index (κ2) is 8.16. The highest BCUT2D eigenvalue weighted by Gasteiger charge is 2.26. The largest absolute Gasteiger partial charge is 0.468 e. The van der Waals surface area contributed by atoms with Crippen LogP contribution in [0.3, 0.4) is 0 Å². The molecule has 0 aromatic rings. The topological polar surface area (TPSA) is 29.5 Å². The summed E-state index contributed by atoms with van der Waals surface area (Å²) in [6.45, 7) is 6.35. The van der Waals surface area contributed by atoms with E-state index in [4.69, 9.17) is 4.74 Å². The third-order valence-electron chi connectivity index (χ3n) is 3.69. The number of hydrogen-bond acceptors (Lipinski definition) is 3. The number of methoxy groups -OCH3 is 1. The molecular formula is C14H26BrNO2. The molecular weight excluding hydrogens is 294 g/mol. The quantitative estimate of drug-likeness (QED) is 0.533. The summed E-state index contributed by atoms with van der Waals surface area (Å²) in [6, 6.07) is 0.661. The maximum absolute atomic E-state index is 11.5. The number of esters is 1. The van der Waals surface area contributed by atoms with E-state index in [1.807, 2.05) is 0 Å². The molecule has 3 nitrogen and oxygen atoms in total. The molecule has 0 radical (unpaired) electrons. The first-order valence-corrected chi connectivity index (χ1v) is 7.92. The van der Waals surface area contributed by atoms with E-state index in [9.17, 15) is 4.79 Å². The van der Waals surface area contributed by atoms with E-state index in [1.54, 1.807) is 0 Å². The molecule has 0 bridgehead atoms. The van der Waals surface area contributed by atoms with Crippen molar-refractivity contribution >= 4 is 21.9 Å². The smallest absolute Gasteiger partial charge is 0.320 e. The minimum absolute atomic E-state index is 0.164. The van der Waals surface area contributed by atoms with Crippen molar-refractivity contribution in [2.75, 3.05) is 20.2 Å². The number of ether oxygens (including phenoxy) is 1. The van der Waals surface area contributed by atoms with Crippen LogP contribution in [0.4, 0.5) is 0 Å². The number of alkyl halides is 1. The fourth-order valence-electron chi connectivity index (χ4n) is 2.52. The van der Waals surface area contributed by atoms with E-state index < -0.39 is 0 Å². The van der Waals surface area contributed by atoms with Gasteiger partial charge in [0.2, 0.25) is 0 Å². The van der Waals surface area contributed by atoms with Crippen LogP contribution in [0.2, 0.25) is 0 Å². The van der Waals surface area contributed by atoms with Crippen molar-refractivity contribution in [3.63, 3.8) is 0 Å². The van der Waals surface area contributed by atoms with Gasteiger partial charge in [-0.3, -0.25) is 9.69 Å². The van der Waals surface area contributed by atoms with Crippen LogP contribution in [0, 0.1) is 5.92 Å². The highest BCUT2D eigenvalue weighted by molar-refractivity contribution is 9.10. The molecule has 18 heavy (non-hydrogen) atoms. The van der Waals surface area contributed by atoms with Gasteiger partial charge < -0.3 is 4.74 Å². The van der Waals surface area contributed by atoms with Crippen molar-refractivity contribution in [2.24, 2.45) is 5.92 Å². The highest BCUT2D eigenvalue weighted by Crippen LogP contribution is 2.25. The molecule has 1 saturated carbocycles. The van der Waals surface area contributed by atoms with Crippen LogP contribution in [-0.2, 0) is 9.53 Å². The SMILES string of the molecule is COC(=O)C(Br)CN(CCC(C)C)C1CCCC1. The van der Waals surface area contributed by atoms with Crippen LogP contribution in [0.5, 0.6) is 0 Å². The zero-order valence-electron chi connectivity index (χ0n) is 11.8. The molecule has 1 atom stereocenters. The van der Waals surface area contributed by atoms with Crippen LogP contribution >= 0.6 is 15.9 Å². The Labute approximate surface area is 119 Å². The highest BCUT2D eigenvalue weighted by atomic mass is 79.9. The summed E-state index contributed by atoms with van der Waals surface area (Å²) in [6.07, 6.45) is 6.40. The van der Waals surface area contributed by atoms with E-state index in [0.29, 0.717) is 12.0 Å². The van der Waals surface area contributed by atoms with Gasteiger partial charge in [-0.2, -0.15) is 0 Å². The van der Waals surface area contributed by atoms with E-state index >= 15 is 0 Å². The van der Waals surface area contributed by atoms with Crippen LogP contribution < -0.4 is 0 Å². The first kappa shape index (κ1) is 16.0. The average Bonchev–Trinajstić information content (AvgIpc) is 2.86. The Morgan fingerprint density at radius 2 is 2.00 bits per heavy atom. The summed E-state index contributed by atoms with van der Waals surface area (Å²) in [5.41, 5.74) is 0. The first-order valence-electron chi connectivity index (χ1n) is 7.00. The second-order valence-corrected chi connectivity index (χ2v) is 6.71. The lowest BCUT2D eigenvalue weighted by molar-refractivity contribution is -0.140. The fraction of sp³-hybridized carbons (Fsp3) is 0.929. The molecule has 106 valence electrons. The monoisotopic (exact) mass is 319 g/mol. The summed E-state index contributed by atoms with van der Waals surface area (Å²) in [5.74, 6) is 0.545. The van der Waals surface area contributed by atoms with Gasteiger partial charge in [-0.25, -0.2) is 0 Å². The molecule has 0 aromatic heterocycles. The molecule has 0 amide bonds. The summed E-state index contributed by atoms with van der Waals surface area (Å²) < 4.78 is 4.79. The van der Waals surface area contributed by atoms with Crippen LogP contribution in [-0.4, -0.2) is 41.9 Å². The number of hydrogen-bond donors (Lipinski definition) is 0. The van der Waals surface area contributed by atoms with Gasteiger partial charge in [-0.05, 0) is 31.7 Å². The number of halogens is 1. The van der Waals surface area contributed by atoms with E-state index in [-0.39, 0.29) is 10.8 Å². The summed E-state index contributed by atoms with van der Waals surface area (Å²) in [4.78, 5) is 13.8. The van der Waals surface area contributed by atoms with Crippen molar-refractivity contribution in [3.05, 3.63) is 0 Å². The van der Waals surface area contributed by atoms with Gasteiger partial charge >= 0.3 is 5.97 Å². The van der Waals surface area contributed by atoms with Crippen LogP contribution in [0.25, 0.3) is 0 Å². The zero-order valence-corrected chi connectivity index (χ0v) is 13.4. The maximum atomic E-state index is 11.5. The van der Waals surface area contributed by atoms with Gasteiger partial charge in [0.1, 0.15) is 4.83 Å². The summed E-state index contributed by atoms with van der Waals surface area (Å²) in [7, 11) is 1.45. The Bertz CT molecular complexity index is 252. The molecule has 0 heterocycles. The molecule has 1 unspecified atom stereocenters. The normalized spacial score (nSPS) is 18.6. The Morgan fingerprint density at radius 3 is 2.50 bits per heavy atom. The van der Waals surface area contributed by atoms with Crippen LogP contribution in [0.15, 0.2) is 0 Å². The minimum Gasteiger partial charge on any atom is -0.468 e. The molecule has 0 spiro atoms. The molecule has 1 aliphatic rings. The third-order valence-corrected chi connectivity index (χ3v) is 4.35. The lowest BCUT2D eigenvalue weighted by atomic mass is 10.1. The summed E-state index contributed by atoms with van der Waals surface area (Å²) >= 11 is 3.44. The van der Waals surface area contributed by atoms with Crippen molar-refractivity contribution in [3.8, 4) is 0 Å². The second-order valence-electron chi connectivity index (χ2n) is 5.61. The fourth-order valence-corrected chi connectivity index (χ4v) is 3.08. The standard InChI is InChI=1S/C14H26BrNO2/c1-11(2)8-9-16(12-6-4-5-7-12)10-13(15)14(17)18-3/h11-13H,4-10H2,1-3H3. The molecule has 0 saturated heterocycles.